The topological polar surface area (TPSA) is 131 Å². The van der Waals surface area contributed by atoms with Crippen LogP contribution in [0.3, 0.4) is 0 Å². The van der Waals surface area contributed by atoms with Crippen molar-refractivity contribution < 1.29 is 32.7 Å². The molecule has 1 aliphatic rings. The largest absolute Gasteiger partial charge is 0.494 e. The van der Waals surface area contributed by atoms with Gasteiger partial charge in [0.05, 0.1) is 11.5 Å². The van der Waals surface area contributed by atoms with Crippen molar-refractivity contribution in [3.8, 4) is 5.75 Å². The summed E-state index contributed by atoms with van der Waals surface area (Å²) in [4.78, 5) is 24.8. The van der Waals surface area contributed by atoms with Crippen LogP contribution in [-0.2, 0) is 19.4 Å². The van der Waals surface area contributed by atoms with Crippen LogP contribution in [-0.4, -0.2) is 56.6 Å². The van der Waals surface area contributed by atoms with Crippen LogP contribution in [0.1, 0.15) is 46.3 Å². The van der Waals surface area contributed by atoms with Crippen LogP contribution in [0.15, 0.2) is 41.3 Å². The number of carbonyl (C=O) groups is 2. The highest BCUT2D eigenvalue weighted by Crippen LogP contribution is 2.35. The van der Waals surface area contributed by atoms with E-state index in [1.807, 2.05) is 32.9 Å². The number of carbonyl (C=O) groups excluding carboxylic acids is 2. The van der Waals surface area contributed by atoms with Crippen molar-refractivity contribution in [2.75, 3.05) is 26.4 Å². The fourth-order valence-corrected chi connectivity index (χ4v) is 6.39. The van der Waals surface area contributed by atoms with Gasteiger partial charge in [-0.25, -0.2) is 13.9 Å². The van der Waals surface area contributed by atoms with Gasteiger partial charge in [-0.05, 0) is 75.4 Å². The van der Waals surface area contributed by atoms with Crippen molar-refractivity contribution >= 4 is 21.7 Å². The second-order valence-corrected chi connectivity index (χ2v) is 11.0. The number of hydrogen-bond donors (Lipinski definition) is 3. The van der Waals surface area contributed by atoms with Crippen molar-refractivity contribution in [3.63, 3.8) is 0 Å². The predicted molar refractivity (Wildman–Crippen MR) is 129 cm³/mol. The first-order chi connectivity index (χ1) is 16.6. The van der Waals surface area contributed by atoms with Crippen LogP contribution in [0.4, 0.5) is 0 Å². The van der Waals surface area contributed by atoms with Crippen LogP contribution in [0.25, 0.3) is 0 Å². The Hall–Kier alpha value is -2.95. The summed E-state index contributed by atoms with van der Waals surface area (Å²) in [5, 5.41) is 12.0. The van der Waals surface area contributed by atoms with E-state index in [4.69, 9.17) is 14.7 Å². The van der Waals surface area contributed by atoms with Gasteiger partial charge in [0.1, 0.15) is 5.75 Å². The zero-order chi connectivity index (χ0) is 25.6. The van der Waals surface area contributed by atoms with E-state index in [1.54, 1.807) is 0 Å². The van der Waals surface area contributed by atoms with E-state index in [0.717, 1.165) is 16.7 Å². The maximum Gasteiger partial charge on any atom is 0.265 e. The molecule has 2 amide bonds. The smallest absolute Gasteiger partial charge is 0.265 e. The molecule has 0 spiro atoms. The lowest BCUT2D eigenvalue weighted by Crippen LogP contribution is -2.54. The van der Waals surface area contributed by atoms with Gasteiger partial charge in [0.2, 0.25) is 0 Å². The number of hydrogen-bond acceptors (Lipinski definition) is 7. The number of sulfone groups is 1. The van der Waals surface area contributed by atoms with E-state index in [2.05, 4.69) is 5.32 Å². The van der Waals surface area contributed by atoms with Crippen LogP contribution in [0, 0.1) is 20.8 Å². The zero-order valence-corrected chi connectivity index (χ0v) is 21.0. The molecule has 0 radical (unpaired) electrons. The Morgan fingerprint density at radius 1 is 1.06 bits per heavy atom. The number of nitrogens with one attached hydrogen (secondary N) is 2. The van der Waals surface area contributed by atoms with Crippen molar-refractivity contribution in [2.24, 2.45) is 0 Å². The van der Waals surface area contributed by atoms with Crippen molar-refractivity contribution in [3.05, 3.63) is 58.7 Å². The Morgan fingerprint density at radius 3 is 2.23 bits per heavy atom. The van der Waals surface area contributed by atoms with E-state index >= 15 is 0 Å². The van der Waals surface area contributed by atoms with Gasteiger partial charge >= 0.3 is 0 Å². The lowest BCUT2D eigenvalue weighted by Gasteiger charge is -2.34. The molecule has 9 nitrogen and oxygen atoms in total. The molecule has 0 aromatic heterocycles. The molecule has 190 valence electrons. The Bertz CT molecular complexity index is 1150. The van der Waals surface area contributed by atoms with Crippen LogP contribution < -0.4 is 15.5 Å². The molecule has 1 fully saturated rings. The summed E-state index contributed by atoms with van der Waals surface area (Å²) in [5.41, 5.74) is 5.17. The fraction of sp³-hybridized carbons (Fsp3) is 0.440. The van der Waals surface area contributed by atoms with Crippen molar-refractivity contribution in [1.82, 2.24) is 10.8 Å². The first-order valence-electron chi connectivity index (χ1n) is 11.5. The molecular formula is C25H32N2O7S. The average Bonchev–Trinajstić information content (AvgIpc) is 2.83. The zero-order valence-electron chi connectivity index (χ0n) is 20.2. The highest BCUT2D eigenvalue weighted by molar-refractivity contribution is 7.93. The Labute approximate surface area is 205 Å². The van der Waals surface area contributed by atoms with E-state index in [9.17, 15) is 18.0 Å². The number of aryl methyl sites for hydroxylation is 3. The van der Waals surface area contributed by atoms with E-state index < -0.39 is 20.5 Å². The maximum absolute atomic E-state index is 13.3. The third-order valence-corrected chi connectivity index (χ3v) is 8.76. The molecule has 1 aliphatic heterocycles. The monoisotopic (exact) mass is 504 g/mol. The van der Waals surface area contributed by atoms with Gasteiger partial charge in [0, 0.05) is 25.3 Å². The molecule has 10 heteroatoms. The molecule has 2 aromatic rings. The molecule has 0 saturated carbocycles. The third-order valence-electron chi connectivity index (χ3n) is 6.24. The summed E-state index contributed by atoms with van der Waals surface area (Å²) in [5.74, 6) is -0.615. The molecule has 2 aromatic carbocycles. The second-order valence-electron chi connectivity index (χ2n) is 8.75. The lowest BCUT2D eigenvalue weighted by molar-refractivity contribution is -0.134. The molecule has 0 unspecified atom stereocenters. The number of ether oxygens (including phenoxy) is 2. The highest BCUT2D eigenvalue weighted by Gasteiger charge is 2.52. The predicted octanol–water partition coefficient (Wildman–Crippen LogP) is 2.64. The summed E-state index contributed by atoms with van der Waals surface area (Å²) < 4.78 is 35.6. The third kappa shape index (κ3) is 5.66. The Morgan fingerprint density at radius 2 is 1.66 bits per heavy atom. The van der Waals surface area contributed by atoms with Crippen molar-refractivity contribution in [2.45, 2.75) is 49.7 Å². The normalized spacial score (nSPS) is 15.3. The Kier molecular flexibility index (Phi) is 8.52. The standard InChI is InChI=1S/C25H32N2O7S/c1-17-15-18(2)22(19(3)16-17)23(28)26-11-4-12-34-20-5-7-21(8-6-20)35(31,32)25(24(29)27-30)9-13-33-14-10-25/h5-8,15-16,30H,4,9-14H2,1-3H3,(H,26,28)(H,27,29). The summed E-state index contributed by atoms with van der Waals surface area (Å²) in [6.45, 7) is 6.80. The van der Waals surface area contributed by atoms with Crippen LogP contribution in [0.2, 0.25) is 0 Å². The first-order valence-corrected chi connectivity index (χ1v) is 13.0. The number of rotatable bonds is 9. The first kappa shape index (κ1) is 26.7. The van der Waals surface area contributed by atoms with Gasteiger partial charge in [-0.2, -0.15) is 0 Å². The van der Waals surface area contributed by atoms with E-state index in [0.29, 0.717) is 30.9 Å². The highest BCUT2D eigenvalue weighted by atomic mass is 32.2. The number of amides is 2. The minimum atomic E-state index is -4.08. The van der Waals surface area contributed by atoms with Crippen molar-refractivity contribution in [1.29, 1.82) is 0 Å². The molecular weight excluding hydrogens is 472 g/mol. The minimum absolute atomic E-state index is 0.0357. The molecule has 3 N–H and O–H groups in total. The van der Waals surface area contributed by atoms with Gasteiger partial charge < -0.3 is 14.8 Å². The molecule has 0 aliphatic carbocycles. The molecule has 0 atom stereocenters. The fourth-order valence-electron chi connectivity index (χ4n) is 4.45. The average molecular weight is 505 g/mol. The summed E-state index contributed by atoms with van der Waals surface area (Å²) in [6.07, 6.45) is 0.468. The molecule has 3 rings (SSSR count). The van der Waals surface area contributed by atoms with Gasteiger partial charge in [-0.1, -0.05) is 17.7 Å². The molecule has 0 bridgehead atoms. The number of benzene rings is 2. The number of hydroxylamine groups is 1. The van der Waals surface area contributed by atoms with Gasteiger partial charge in [0.15, 0.2) is 14.6 Å². The summed E-state index contributed by atoms with van der Waals surface area (Å²) in [7, 11) is -4.08. The van der Waals surface area contributed by atoms with Crippen LogP contribution >= 0.6 is 0 Å². The summed E-state index contributed by atoms with van der Waals surface area (Å²) in [6, 6.07) is 9.78. The van der Waals surface area contributed by atoms with Gasteiger partial charge in [-0.15, -0.1) is 0 Å². The quantitative estimate of drug-likeness (QED) is 0.272. The maximum atomic E-state index is 13.3. The van der Waals surface area contributed by atoms with E-state index in [-0.39, 0.29) is 36.9 Å². The molecule has 35 heavy (non-hydrogen) atoms. The van der Waals surface area contributed by atoms with Gasteiger partial charge in [0.25, 0.3) is 11.8 Å². The molecule has 1 heterocycles. The lowest BCUT2D eigenvalue weighted by atomic mass is 9.98. The van der Waals surface area contributed by atoms with E-state index in [1.165, 1.54) is 29.7 Å². The molecule has 1 saturated heterocycles. The summed E-state index contributed by atoms with van der Waals surface area (Å²) >= 11 is 0. The SMILES string of the molecule is Cc1cc(C)c(C(=O)NCCCOc2ccc(S(=O)(=O)C3(C(=O)NO)CCOCC3)cc2)c(C)c1. The minimum Gasteiger partial charge on any atom is -0.494 e. The second kappa shape index (κ2) is 11.2. The Balaban J connectivity index is 1.55. The van der Waals surface area contributed by atoms with Crippen LogP contribution in [0.5, 0.6) is 5.75 Å². The van der Waals surface area contributed by atoms with Gasteiger partial charge in [-0.3, -0.25) is 14.8 Å².